The fourth-order valence-corrected chi connectivity index (χ4v) is 2.75. The van der Waals surface area contributed by atoms with Crippen LogP contribution < -0.4 is 5.32 Å². The lowest BCUT2D eigenvalue weighted by Gasteiger charge is -2.07. The third kappa shape index (κ3) is 3.32. The van der Waals surface area contributed by atoms with E-state index < -0.39 is 0 Å². The van der Waals surface area contributed by atoms with Crippen LogP contribution >= 0.6 is 0 Å². The Balaban J connectivity index is 1.48. The number of fused-ring (bicyclic) bond motifs is 1. The van der Waals surface area contributed by atoms with Crippen LogP contribution in [0.4, 0.5) is 0 Å². The van der Waals surface area contributed by atoms with E-state index in [1.807, 2.05) is 0 Å². The number of nitrogens with one attached hydrogen (secondary N) is 2. The number of aromatic amines is 1. The molecule has 0 fully saturated rings. The molecule has 1 aliphatic heterocycles. The largest absolute Gasteiger partial charge is 0.367 e. The molecule has 0 aliphatic carbocycles. The fourth-order valence-electron chi connectivity index (χ4n) is 2.75. The molecule has 6 heteroatoms. The SMILES string of the molecule is O=C(NCCCc1nnc2n1CCCCC2)c1cc[nH]c1. The molecule has 6 nitrogen and oxygen atoms in total. The van der Waals surface area contributed by atoms with Gasteiger partial charge < -0.3 is 14.9 Å². The van der Waals surface area contributed by atoms with E-state index in [1.165, 1.54) is 19.3 Å². The van der Waals surface area contributed by atoms with Crippen LogP contribution in [0.25, 0.3) is 0 Å². The number of hydrogen-bond acceptors (Lipinski definition) is 3. The highest BCUT2D eigenvalue weighted by Gasteiger charge is 2.14. The van der Waals surface area contributed by atoms with Crippen molar-refractivity contribution >= 4 is 5.91 Å². The van der Waals surface area contributed by atoms with Gasteiger partial charge in [0.15, 0.2) is 0 Å². The van der Waals surface area contributed by atoms with Crippen molar-refractivity contribution in [3.05, 3.63) is 35.7 Å². The molecule has 0 spiro atoms. The number of carbonyl (C=O) groups excluding carboxylic acids is 1. The first-order valence-corrected chi connectivity index (χ1v) is 7.66. The van der Waals surface area contributed by atoms with E-state index in [0.717, 1.165) is 37.5 Å². The lowest BCUT2D eigenvalue weighted by atomic mass is 10.2. The smallest absolute Gasteiger partial charge is 0.252 e. The molecule has 0 saturated heterocycles. The van der Waals surface area contributed by atoms with E-state index in [0.29, 0.717) is 12.1 Å². The Kier molecular flexibility index (Phi) is 4.33. The highest BCUT2D eigenvalue weighted by atomic mass is 16.1. The number of carbonyl (C=O) groups is 1. The fraction of sp³-hybridized carbons (Fsp3) is 0.533. The third-order valence-electron chi connectivity index (χ3n) is 3.91. The molecule has 1 aliphatic rings. The zero-order valence-electron chi connectivity index (χ0n) is 12.1. The molecule has 112 valence electrons. The van der Waals surface area contributed by atoms with Gasteiger partial charge in [-0.2, -0.15) is 0 Å². The summed E-state index contributed by atoms with van der Waals surface area (Å²) >= 11 is 0. The van der Waals surface area contributed by atoms with Crippen molar-refractivity contribution in [2.24, 2.45) is 0 Å². The van der Waals surface area contributed by atoms with Gasteiger partial charge in [-0.3, -0.25) is 4.79 Å². The number of aryl methyl sites for hydroxylation is 2. The molecular formula is C15H21N5O. The molecule has 0 bridgehead atoms. The summed E-state index contributed by atoms with van der Waals surface area (Å²) < 4.78 is 2.26. The lowest BCUT2D eigenvalue weighted by molar-refractivity contribution is 0.0953. The van der Waals surface area contributed by atoms with Gasteiger partial charge >= 0.3 is 0 Å². The molecule has 2 aromatic rings. The topological polar surface area (TPSA) is 75.6 Å². The minimum Gasteiger partial charge on any atom is -0.367 e. The van der Waals surface area contributed by atoms with Gasteiger partial charge in [-0.25, -0.2) is 0 Å². The zero-order valence-corrected chi connectivity index (χ0v) is 12.1. The van der Waals surface area contributed by atoms with Crippen molar-refractivity contribution in [1.82, 2.24) is 25.1 Å². The summed E-state index contributed by atoms with van der Waals surface area (Å²) in [6.07, 6.45) is 9.93. The van der Waals surface area contributed by atoms with Gasteiger partial charge in [-0.15, -0.1) is 10.2 Å². The number of H-pyrrole nitrogens is 1. The molecule has 3 heterocycles. The Labute approximate surface area is 124 Å². The first-order valence-electron chi connectivity index (χ1n) is 7.66. The number of amides is 1. The Morgan fingerprint density at radius 1 is 1.33 bits per heavy atom. The van der Waals surface area contributed by atoms with Gasteiger partial charge in [0.2, 0.25) is 0 Å². The second-order valence-corrected chi connectivity index (χ2v) is 5.45. The van der Waals surface area contributed by atoms with Gasteiger partial charge in [-0.05, 0) is 25.3 Å². The van der Waals surface area contributed by atoms with Crippen molar-refractivity contribution < 1.29 is 4.79 Å². The maximum absolute atomic E-state index is 11.8. The van der Waals surface area contributed by atoms with Gasteiger partial charge in [0, 0.05) is 38.3 Å². The highest BCUT2D eigenvalue weighted by molar-refractivity contribution is 5.93. The van der Waals surface area contributed by atoms with Crippen molar-refractivity contribution in [2.75, 3.05) is 6.54 Å². The van der Waals surface area contributed by atoms with E-state index in [-0.39, 0.29) is 5.91 Å². The summed E-state index contributed by atoms with van der Waals surface area (Å²) in [5, 5.41) is 11.5. The molecule has 0 saturated carbocycles. The molecular weight excluding hydrogens is 266 g/mol. The van der Waals surface area contributed by atoms with Crippen LogP contribution in [-0.2, 0) is 19.4 Å². The van der Waals surface area contributed by atoms with Crippen molar-refractivity contribution in [3.8, 4) is 0 Å². The van der Waals surface area contributed by atoms with Crippen molar-refractivity contribution in [2.45, 2.75) is 45.1 Å². The average Bonchev–Trinajstić information content (AvgIpc) is 3.09. The normalized spacial score (nSPS) is 14.5. The van der Waals surface area contributed by atoms with Crippen molar-refractivity contribution in [3.63, 3.8) is 0 Å². The van der Waals surface area contributed by atoms with E-state index in [9.17, 15) is 4.79 Å². The van der Waals surface area contributed by atoms with Crippen molar-refractivity contribution in [1.29, 1.82) is 0 Å². The molecule has 0 unspecified atom stereocenters. The van der Waals surface area contributed by atoms with Gasteiger partial charge in [0.1, 0.15) is 11.6 Å². The second kappa shape index (κ2) is 6.56. The molecule has 2 aromatic heterocycles. The van der Waals surface area contributed by atoms with Crippen LogP contribution in [0.3, 0.4) is 0 Å². The number of hydrogen-bond donors (Lipinski definition) is 2. The van der Waals surface area contributed by atoms with Gasteiger partial charge in [-0.1, -0.05) is 6.42 Å². The molecule has 0 aromatic carbocycles. The van der Waals surface area contributed by atoms with Gasteiger partial charge in [0.05, 0.1) is 5.56 Å². The van der Waals surface area contributed by atoms with Crippen LogP contribution in [-0.4, -0.2) is 32.2 Å². The van der Waals surface area contributed by atoms with Crippen LogP contribution in [0, 0.1) is 0 Å². The highest BCUT2D eigenvalue weighted by Crippen LogP contribution is 2.15. The van der Waals surface area contributed by atoms with Gasteiger partial charge in [0.25, 0.3) is 5.91 Å². The molecule has 0 atom stereocenters. The van der Waals surface area contributed by atoms with E-state index in [4.69, 9.17) is 0 Å². The Hall–Kier alpha value is -2.11. The summed E-state index contributed by atoms with van der Waals surface area (Å²) in [6.45, 7) is 1.69. The summed E-state index contributed by atoms with van der Waals surface area (Å²) in [5.74, 6) is 2.15. The van der Waals surface area contributed by atoms with E-state index in [2.05, 4.69) is 25.1 Å². The predicted molar refractivity (Wildman–Crippen MR) is 79.0 cm³/mol. The average molecular weight is 287 g/mol. The Morgan fingerprint density at radius 2 is 2.29 bits per heavy atom. The quantitative estimate of drug-likeness (QED) is 0.822. The maximum Gasteiger partial charge on any atom is 0.252 e. The molecule has 2 N–H and O–H groups in total. The van der Waals surface area contributed by atoms with Crippen LogP contribution in [0.2, 0.25) is 0 Å². The molecule has 3 rings (SSSR count). The van der Waals surface area contributed by atoms with E-state index >= 15 is 0 Å². The van der Waals surface area contributed by atoms with Crippen LogP contribution in [0.1, 0.15) is 47.7 Å². The minimum absolute atomic E-state index is 0.0312. The first-order chi connectivity index (χ1) is 10.3. The number of nitrogens with zero attached hydrogens (tertiary/aromatic N) is 3. The molecule has 1 amide bonds. The Bertz CT molecular complexity index is 587. The molecule has 0 radical (unpaired) electrons. The minimum atomic E-state index is -0.0312. The molecule has 21 heavy (non-hydrogen) atoms. The van der Waals surface area contributed by atoms with Crippen LogP contribution in [0.5, 0.6) is 0 Å². The van der Waals surface area contributed by atoms with Crippen LogP contribution in [0.15, 0.2) is 18.5 Å². The maximum atomic E-state index is 11.8. The number of rotatable bonds is 5. The first kappa shape index (κ1) is 13.9. The second-order valence-electron chi connectivity index (χ2n) is 5.45. The standard InChI is InChI=1S/C15H21N5O/c21-15(12-7-9-16-11-12)17-8-4-6-14-19-18-13-5-2-1-3-10-20(13)14/h7,9,11,16H,1-6,8,10H2,(H,17,21). The van der Waals surface area contributed by atoms with E-state index in [1.54, 1.807) is 18.5 Å². The number of aromatic nitrogens is 4. The zero-order chi connectivity index (χ0) is 14.5. The monoisotopic (exact) mass is 287 g/mol. The third-order valence-corrected chi connectivity index (χ3v) is 3.91. The summed E-state index contributed by atoms with van der Waals surface area (Å²) in [7, 11) is 0. The predicted octanol–water partition coefficient (Wildman–Crippen LogP) is 1.70. The lowest BCUT2D eigenvalue weighted by Crippen LogP contribution is -2.24. The Morgan fingerprint density at radius 3 is 3.14 bits per heavy atom. The summed E-state index contributed by atoms with van der Waals surface area (Å²) in [6, 6.07) is 1.77. The summed E-state index contributed by atoms with van der Waals surface area (Å²) in [5.41, 5.74) is 0.673. The summed E-state index contributed by atoms with van der Waals surface area (Å²) in [4.78, 5) is 14.7.